The molecule has 0 atom stereocenters. The average molecular weight is 123 g/mol. The van der Waals surface area contributed by atoms with E-state index in [1.165, 1.54) is 5.40 Å². The Balaban J connectivity index is 3.41. The van der Waals surface area contributed by atoms with Gasteiger partial charge in [-0.2, -0.15) is 5.26 Å². The van der Waals surface area contributed by atoms with Crippen LogP contribution >= 0.6 is 10.8 Å². The van der Waals surface area contributed by atoms with Crippen LogP contribution in [0.2, 0.25) is 0 Å². The summed E-state index contributed by atoms with van der Waals surface area (Å²) in [6.07, 6.45) is 0. The van der Waals surface area contributed by atoms with Crippen LogP contribution in [-0.2, 0) is 9.74 Å². The van der Waals surface area contributed by atoms with Gasteiger partial charge in [-0.3, -0.25) is 0 Å². The lowest BCUT2D eigenvalue weighted by Gasteiger charge is -1.57. The number of thiol groups is 1. The van der Waals surface area contributed by atoms with Crippen LogP contribution in [0.5, 0.6) is 0 Å². The highest BCUT2D eigenvalue weighted by atomic mass is 33.1. The molecule has 0 fully saturated rings. The van der Waals surface area contributed by atoms with Crippen molar-refractivity contribution in [1.29, 1.82) is 5.26 Å². The number of hydrogen-bond acceptors (Lipinski definition) is 4. The summed E-state index contributed by atoms with van der Waals surface area (Å²) in [6, 6.07) is 0. The van der Waals surface area contributed by atoms with E-state index in [4.69, 9.17) is 5.26 Å². The molecule has 34 valence electrons. The zero-order valence-corrected chi connectivity index (χ0v) is 4.33. The van der Waals surface area contributed by atoms with E-state index in [1.807, 2.05) is 0 Å². The minimum Gasteiger partial charge on any atom is -0.219 e. The Morgan fingerprint density at radius 2 is 2.17 bits per heavy atom. The van der Waals surface area contributed by atoms with Gasteiger partial charge in [-0.05, 0) is 0 Å². The van der Waals surface area contributed by atoms with E-state index in [1.54, 1.807) is 0 Å². The van der Waals surface area contributed by atoms with Crippen LogP contribution in [0.25, 0.3) is 0 Å². The fourth-order valence-corrected chi connectivity index (χ4v) is 0.300. The maximum atomic E-state index is 9.38. The molecule has 0 heterocycles. The normalized spacial score (nSPS) is 8.00. The van der Waals surface area contributed by atoms with E-state index in [0.717, 1.165) is 0 Å². The zero-order chi connectivity index (χ0) is 4.99. The smallest absolute Gasteiger partial charge is 0.205 e. The molecule has 0 rings (SSSR count). The molecular formula is CHNO2S2. The molecule has 0 bridgehead atoms. The van der Waals surface area contributed by atoms with E-state index in [9.17, 15) is 8.42 Å². The summed E-state index contributed by atoms with van der Waals surface area (Å²) < 4.78 is 18.8. The van der Waals surface area contributed by atoms with Crippen molar-refractivity contribution in [2.75, 3.05) is 0 Å². The molecule has 0 aromatic carbocycles. The zero-order valence-electron chi connectivity index (χ0n) is 2.62. The van der Waals surface area contributed by atoms with Gasteiger partial charge in [-0.25, -0.2) is 8.42 Å². The second kappa shape index (κ2) is 3.00. The van der Waals surface area contributed by atoms with Gasteiger partial charge in [0.25, 0.3) is 0 Å². The molecule has 0 aromatic heterocycles. The first-order valence-electron chi connectivity index (χ1n) is 0.975. The standard InChI is InChI=1S/CHNO2S2/c2-1-5-6(3)4/h6H. The third-order valence-corrected chi connectivity index (χ3v) is 1.04. The minimum atomic E-state index is -2.55. The molecule has 0 radical (unpaired) electrons. The molecule has 0 aliphatic rings. The van der Waals surface area contributed by atoms with Gasteiger partial charge < -0.3 is 0 Å². The van der Waals surface area contributed by atoms with Crippen molar-refractivity contribution < 1.29 is 8.42 Å². The molecule has 0 N–H and O–H groups in total. The SMILES string of the molecule is N#CS[SH](=O)=O. The number of thiocyanates is 1. The Morgan fingerprint density at radius 1 is 1.67 bits per heavy atom. The lowest BCUT2D eigenvalue weighted by molar-refractivity contribution is 0.627. The van der Waals surface area contributed by atoms with Gasteiger partial charge in [0, 0.05) is 0 Å². The van der Waals surface area contributed by atoms with Crippen molar-refractivity contribution in [3.05, 3.63) is 0 Å². The fraction of sp³-hybridized carbons (Fsp3) is 0. The highest BCUT2D eigenvalue weighted by molar-refractivity contribution is 8.66. The van der Waals surface area contributed by atoms with Gasteiger partial charge in [-0.15, -0.1) is 0 Å². The number of rotatable bonds is 1. The molecule has 3 nitrogen and oxygen atoms in total. The van der Waals surface area contributed by atoms with Crippen molar-refractivity contribution in [2.45, 2.75) is 0 Å². The molecule has 0 amide bonds. The molecule has 0 aliphatic heterocycles. The van der Waals surface area contributed by atoms with Gasteiger partial charge in [0.15, 0.2) is 0 Å². The van der Waals surface area contributed by atoms with E-state index in [0.29, 0.717) is 0 Å². The van der Waals surface area contributed by atoms with E-state index >= 15 is 0 Å². The Bertz CT molecular complexity index is 123. The summed E-state index contributed by atoms with van der Waals surface area (Å²) in [4.78, 5) is 0. The Kier molecular flexibility index (Phi) is 2.89. The van der Waals surface area contributed by atoms with Crippen LogP contribution < -0.4 is 0 Å². The van der Waals surface area contributed by atoms with Gasteiger partial charge in [0.05, 0.1) is 10.8 Å². The summed E-state index contributed by atoms with van der Waals surface area (Å²) in [6.45, 7) is 0. The molecule has 0 saturated heterocycles. The summed E-state index contributed by atoms with van der Waals surface area (Å²) in [7, 11) is -2.30. The van der Waals surface area contributed by atoms with Gasteiger partial charge in [0.2, 0.25) is 9.74 Å². The monoisotopic (exact) mass is 123 g/mol. The van der Waals surface area contributed by atoms with Crippen LogP contribution in [0, 0.1) is 10.7 Å². The first kappa shape index (κ1) is 5.79. The predicted molar refractivity (Wildman–Crippen MR) is 23.5 cm³/mol. The Hall–Kier alpha value is -0.210. The lowest BCUT2D eigenvalue weighted by Crippen LogP contribution is -1.53. The quantitative estimate of drug-likeness (QED) is 0.296. The third kappa shape index (κ3) is 3.79. The van der Waals surface area contributed by atoms with Crippen molar-refractivity contribution in [3.63, 3.8) is 0 Å². The molecule has 0 saturated carbocycles. The molecule has 6 heavy (non-hydrogen) atoms. The summed E-state index contributed by atoms with van der Waals surface area (Å²) >= 11 is 0. The van der Waals surface area contributed by atoms with E-state index in [-0.39, 0.29) is 10.8 Å². The highest BCUT2D eigenvalue weighted by Gasteiger charge is 1.75. The molecule has 0 aromatic rings. The van der Waals surface area contributed by atoms with Crippen LogP contribution in [0.3, 0.4) is 0 Å². The Morgan fingerprint density at radius 3 is 2.17 bits per heavy atom. The summed E-state index contributed by atoms with van der Waals surface area (Å²) in [5.41, 5.74) is 0. The fourth-order valence-electron chi connectivity index (χ4n) is 0.0333. The summed E-state index contributed by atoms with van der Waals surface area (Å²) in [5, 5.41) is 8.95. The topological polar surface area (TPSA) is 57.9 Å². The maximum Gasteiger partial charge on any atom is 0.205 e. The van der Waals surface area contributed by atoms with Crippen molar-refractivity contribution in [1.82, 2.24) is 0 Å². The molecule has 0 aliphatic carbocycles. The molecule has 5 heteroatoms. The van der Waals surface area contributed by atoms with Gasteiger partial charge in [-0.1, -0.05) is 0 Å². The number of hydrogen-bond donors (Lipinski definition) is 1. The van der Waals surface area contributed by atoms with E-state index < -0.39 is 9.74 Å². The van der Waals surface area contributed by atoms with Crippen LogP contribution in [-0.4, -0.2) is 8.42 Å². The molecule has 0 spiro atoms. The van der Waals surface area contributed by atoms with Crippen LogP contribution in [0.1, 0.15) is 0 Å². The second-order valence-corrected chi connectivity index (χ2v) is 2.66. The minimum absolute atomic E-state index is 0.245. The van der Waals surface area contributed by atoms with Gasteiger partial charge >= 0.3 is 0 Å². The first-order valence-corrected chi connectivity index (χ1v) is 3.57. The maximum absolute atomic E-state index is 9.38. The van der Waals surface area contributed by atoms with Crippen molar-refractivity contribution >= 4 is 20.5 Å². The van der Waals surface area contributed by atoms with Gasteiger partial charge in [0.1, 0.15) is 5.40 Å². The Labute approximate surface area is 40.3 Å². The molecule has 0 unspecified atom stereocenters. The number of nitriles is 1. The summed E-state index contributed by atoms with van der Waals surface area (Å²) in [5.74, 6) is 0. The van der Waals surface area contributed by atoms with Crippen LogP contribution in [0.15, 0.2) is 0 Å². The van der Waals surface area contributed by atoms with Crippen LogP contribution in [0.4, 0.5) is 0 Å². The second-order valence-electron chi connectivity index (χ2n) is 0.406. The first-order chi connectivity index (χ1) is 2.77. The number of nitrogens with zero attached hydrogens (tertiary/aromatic N) is 1. The van der Waals surface area contributed by atoms with E-state index in [2.05, 4.69) is 0 Å². The average Bonchev–Trinajstić information content (AvgIpc) is 1.35. The third-order valence-electron chi connectivity index (χ3n) is 0.115. The van der Waals surface area contributed by atoms with Crippen molar-refractivity contribution in [2.24, 2.45) is 0 Å². The predicted octanol–water partition coefficient (Wildman–Crippen LogP) is -0.273. The van der Waals surface area contributed by atoms with Crippen molar-refractivity contribution in [3.8, 4) is 5.40 Å². The molecular weight excluding hydrogens is 122 g/mol. The lowest BCUT2D eigenvalue weighted by atomic mass is 11.8. The largest absolute Gasteiger partial charge is 0.219 e. The highest BCUT2D eigenvalue weighted by Crippen LogP contribution is 1.91.